The van der Waals surface area contributed by atoms with Crippen LogP contribution in [0.5, 0.6) is 0 Å². The third-order valence-electron chi connectivity index (χ3n) is 4.48. The average Bonchev–Trinajstić information content (AvgIpc) is 2.66. The molecule has 29 heavy (non-hydrogen) atoms. The van der Waals surface area contributed by atoms with Crippen LogP contribution >= 0.6 is 0 Å². The van der Waals surface area contributed by atoms with Crippen LogP contribution in [0.2, 0.25) is 0 Å². The molecule has 0 amide bonds. The minimum atomic E-state index is -4.59. The van der Waals surface area contributed by atoms with Gasteiger partial charge in [-0.3, -0.25) is 0 Å². The number of halogens is 6. The summed E-state index contributed by atoms with van der Waals surface area (Å²) in [6.07, 6.45) is -3.30. The highest BCUT2D eigenvalue weighted by molar-refractivity contribution is 5.72. The summed E-state index contributed by atoms with van der Waals surface area (Å²) < 4.78 is 80.1. The van der Waals surface area contributed by atoms with E-state index in [-0.39, 0.29) is 17.2 Å². The lowest BCUT2D eigenvalue weighted by molar-refractivity contribution is -0.0790. The number of hydrogen-bond acceptors (Lipinski definition) is 0. The van der Waals surface area contributed by atoms with Crippen molar-refractivity contribution in [3.8, 4) is 22.3 Å². The Bertz CT molecular complexity index is 1020. The predicted molar refractivity (Wildman–Crippen MR) is 102 cm³/mol. The fourth-order valence-corrected chi connectivity index (χ4v) is 2.95. The van der Waals surface area contributed by atoms with Crippen LogP contribution in [0.3, 0.4) is 0 Å². The SMILES string of the molecule is CCc1ccc(-c2cc(F)c(-c3ccc(/C=C/C(F)(F)F)c(F)c3)c(F)c2)cc1. The van der Waals surface area contributed by atoms with Crippen molar-refractivity contribution in [2.45, 2.75) is 19.5 Å². The van der Waals surface area contributed by atoms with Crippen molar-refractivity contribution in [3.63, 3.8) is 0 Å². The van der Waals surface area contributed by atoms with Gasteiger partial charge >= 0.3 is 6.18 Å². The molecule has 3 aromatic carbocycles. The van der Waals surface area contributed by atoms with Crippen molar-refractivity contribution in [1.82, 2.24) is 0 Å². The summed E-state index contributed by atoms with van der Waals surface area (Å²) in [6, 6.07) is 12.6. The Morgan fingerprint density at radius 1 is 0.724 bits per heavy atom. The zero-order valence-electron chi connectivity index (χ0n) is 15.3. The molecule has 0 aromatic heterocycles. The normalized spacial score (nSPS) is 12.0. The molecule has 0 spiro atoms. The number of benzene rings is 3. The molecule has 0 aliphatic carbocycles. The van der Waals surface area contributed by atoms with E-state index < -0.39 is 29.2 Å². The van der Waals surface area contributed by atoms with Crippen LogP contribution in [0.1, 0.15) is 18.1 Å². The summed E-state index contributed by atoms with van der Waals surface area (Å²) in [4.78, 5) is 0. The van der Waals surface area contributed by atoms with Gasteiger partial charge in [0, 0.05) is 11.6 Å². The first-order valence-corrected chi connectivity index (χ1v) is 8.82. The average molecular weight is 406 g/mol. The number of rotatable bonds is 4. The van der Waals surface area contributed by atoms with Crippen LogP contribution < -0.4 is 0 Å². The number of aryl methyl sites for hydroxylation is 1. The molecule has 0 fully saturated rings. The quantitative estimate of drug-likeness (QED) is 0.392. The number of hydrogen-bond donors (Lipinski definition) is 0. The molecule has 0 bridgehead atoms. The van der Waals surface area contributed by atoms with E-state index in [0.29, 0.717) is 17.2 Å². The largest absolute Gasteiger partial charge is 0.409 e. The molecule has 0 unspecified atom stereocenters. The van der Waals surface area contributed by atoms with E-state index in [2.05, 4.69) is 0 Å². The summed E-state index contributed by atoms with van der Waals surface area (Å²) in [5, 5.41) is 0. The topological polar surface area (TPSA) is 0 Å². The lowest BCUT2D eigenvalue weighted by Crippen LogP contribution is -2.00. The Labute approximate surface area is 164 Å². The van der Waals surface area contributed by atoms with Gasteiger partial charge in [0.1, 0.15) is 17.5 Å². The molecule has 0 radical (unpaired) electrons. The summed E-state index contributed by atoms with van der Waals surface area (Å²) >= 11 is 0. The van der Waals surface area contributed by atoms with Gasteiger partial charge in [-0.25, -0.2) is 13.2 Å². The smallest absolute Gasteiger partial charge is 0.206 e. The third kappa shape index (κ3) is 4.88. The monoisotopic (exact) mass is 406 g/mol. The zero-order valence-corrected chi connectivity index (χ0v) is 15.3. The number of allylic oxidation sites excluding steroid dienone is 1. The van der Waals surface area contributed by atoms with Crippen LogP contribution in [0, 0.1) is 17.5 Å². The molecule has 3 aromatic rings. The lowest BCUT2D eigenvalue weighted by Gasteiger charge is -2.10. The van der Waals surface area contributed by atoms with Crippen LogP contribution in [-0.2, 0) is 6.42 Å². The maximum absolute atomic E-state index is 14.6. The van der Waals surface area contributed by atoms with Crippen molar-refractivity contribution in [2.24, 2.45) is 0 Å². The predicted octanol–water partition coefficient (Wildman–Crippen LogP) is 7.58. The van der Waals surface area contributed by atoms with Crippen LogP contribution in [0.4, 0.5) is 26.3 Å². The summed E-state index contributed by atoms with van der Waals surface area (Å²) in [7, 11) is 0. The second-order valence-electron chi connectivity index (χ2n) is 6.48. The Kier molecular flexibility index (Phi) is 5.82. The first-order chi connectivity index (χ1) is 13.7. The molecule has 150 valence electrons. The fraction of sp³-hybridized carbons (Fsp3) is 0.130. The van der Waals surface area contributed by atoms with Gasteiger partial charge in [-0.05, 0) is 52.9 Å². The standard InChI is InChI=1S/C23H16F6/c1-2-14-3-5-15(6-4-14)18-12-20(25)22(21(26)13-18)17-8-7-16(19(24)11-17)9-10-23(27,28)29/h3-13H,2H2,1H3/b10-9+. The maximum Gasteiger partial charge on any atom is 0.409 e. The van der Waals surface area contributed by atoms with Gasteiger partial charge < -0.3 is 0 Å². The maximum atomic E-state index is 14.6. The van der Waals surface area contributed by atoms with Crippen molar-refractivity contribution in [1.29, 1.82) is 0 Å². The molecule has 0 aliphatic heterocycles. The van der Waals surface area contributed by atoms with Crippen molar-refractivity contribution in [2.75, 3.05) is 0 Å². The van der Waals surface area contributed by atoms with Gasteiger partial charge in [-0.1, -0.05) is 43.3 Å². The van der Waals surface area contributed by atoms with Gasteiger partial charge in [0.2, 0.25) is 0 Å². The van der Waals surface area contributed by atoms with Gasteiger partial charge in [0.25, 0.3) is 0 Å². The zero-order chi connectivity index (χ0) is 21.2. The number of alkyl halides is 3. The third-order valence-corrected chi connectivity index (χ3v) is 4.48. The van der Waals surface area contributed by atoms with Crippen molar-refractivity contribution < 1.29 is 26.3 Å². The van der Waals surface area contributed by atoms with Crippen molar-refractivity contribution >= 4 is 6.08 Å². The molecular weight excluding hydrogens is 390 g/mol. The van der Waals surface area contributed by atoms with E-state index in [1.807, 2.05) is 19.1 Å². The second kappa shape index (κ2) is 8.15. The molecule has 0 atom stereocenters. The molecule has 0 saturated heterocycles. The van der Waals surface area contributed by atoms with E-state index in [0.717, 1.165) is 36.2 Å². The van der Waals surface area contributed by atoms with Crippen molar-refractivity contribution in [3.05, 3.63) is 89.3 Å². The fourth-order valence-electron chi connectivity index (χ4n) is 2.95. The molecule has 0 N–H and O–H groups in total. The van der Waals surface area contributed by atoms with Gasteiger partial charge in [0.05, 0.1) is 5.56 Å². The lowest BCUT2D eigenvalue weighted by atomic mass is 9.97. The molecule has 0 aliphatic rings. The van der Waals surface area contributed by atoms with Gasteiger partial charge in [-0.15, -0.1) is 0 Å². The van der Waals surface area contributed by atoms with E-state index in [1.54, 1.807) is 12.1 Å². The van der Waals surface area contributed by atoms with Crippen LogP contribution in [-0.4, -0.2) is 6.18 Å². The molecule has 0 nitrogen and oxygen atoms in total. The Morgan fingerprint density at radius 2 is 1.28 bits per heavy atom. The minimum Gasteiger partial charge on any atom is -0.206 e. The van der Waals surface area contributed by atoms with E-state index in [1.165, 1.54) is 6.07 Å². The van der Waals surface area contributed by atoms with E-state index in [4.69, 9.17) is 0 Å². The molecule has 0 heterocycles. The van der Waals surface area contributed by atoms with Gasteiger partial charge in [-0.2, -0.15) is 13.2 Å². The van der Waals surface area contributed by atoms with E-state index >= 15 is 0 Å². The molecule has 0 saturated carbocycles. The van der Waals surface area contributed by atoms with Crippen LogP contribution in [0.25, 0.3) is 28.3 Å². The highest BCUT2D eigenvalue weighted by Crippen LogP contribution is 2.32. The highest BCUT2D eigenvalue weighted by Gasteiger charge is 2.22. The Hall–Kier alpha value is -3.02. The Balaban J connectivity index is 1.97. The second-order valence-corrected chi connectivity index (χ2v) is 6.48. The summed E-state index contributed by atoms with van der Waals surface area (Å²) in [6.45, 7) is 1.99. The first kappa shape index (κ1) is 20.7. The molecule has 6 heteroatoms. The summed E-state index contributed by atoms with van der Waals surface area (Å²) in [5.41, 5.74) is 1.17. The highest BCUT2D eigenvalue weighted by atomic mass is 19.4. The van der Waals surface area contributed by atoms with Gasteiger partial charge in [0.15, 0.2) is 0 Å². The minimum absolute atomic E-state index is 0.102. The molecule has 3 rings (SSSR count). The van der Waals surface area contributed by atoms with Crippen LogP contribution in [0.15, 0.2) is 60.7 Å². The first-order valence-electron chi connectivity index (χ1n) is 8.82. The summed E-state index contributed by atoms with van der Waals surface area (Å²) in [5.74, 6) is -2.80. The molecular formula is C23H16F6. The van der Waals surface area contributed by atoms with E-state index in [9.17, 15) is 26.3 Å². The Morgan fingerprint density at radius 3 is 1.79 bits per heavy atom.